The van der Waals surface area contributed by atoms with E-state index < -0.39 is 5.97 Å². The Labute approximate surface area is 180 Å². The number of aromatic nitrogens is 2. The summed E-state index contributed by atoms with van der Waals surface area (Å²) in [5.74, 6) is -0.914. The molecule has 1 aromatic heterocycles. The number of hydrogen-bond donors (Lipinski definition) is 1. The fraction of sp³-hybridized carbons (Fsp3) is 0.120. The molecule has 0 unspecified atom stereocenters. The van der Waals surface area contributed by atoms with Gasteiger partial charge in [-0.3, -0.25) is 9.36 Å². The molecule has 0 radical (unpaired) electrons. The summed E-state index contributed by atoms with van der Waals surface area (Å²) in [5.41, 5.74) is 7.17. The van der Waals surface area contributed by atoms with Crippen molar-refractivity contribution in [1.82, 2.24) is 9.55 Å². The molecule has 4 nitrogen and oxygen atoms in total. The van der Waals surface area contributed by atoms with Crippen molar-refractivity contribution in [3.05, 3.63) is 90.0 Å². The largest absolute Gasteiger partial charge is 0.481 e. The lowest BCUT2D eigenvalue weighted by atomic mass is 10.0. The van der Waals surface area contributed by atoms with Gasteiger partial charge in [0.1, 0.15) is 0 Å². The molecule has 0 fully saturated rings. The summed E-state index contributed by atoms with van der Waals surface area (Å²) in [5, 5.41) is 9.96. The summed E-state index contributed by atoms with van der Waals surface area (Å²) >= 11 is 1.24. The molecule has 0 aliphatic carbocycles. The van der Waals surface area contributed by atoms with Crippen molar-refractivity contribution in [2.75, 3.05) is 5.75 Å². The summed E-state index contributed by atoms with van der Waals surface area (Å²) in [6, 6.07) is 26.4. The number of aryl methyl sites for hydroxylation is 1. The molecule has 150 valence electrons. The van der Waals surface area contributed by atoms with Gasteiger partial charge in [-0.1, -0.05) is 84.6 Å². The Bertz CT molecular complexity index is 1180. The maximum absolute atomic E-state index is 11.3. The van der Waals surface area contributed by atoms with E-state index in [0.29, 0.717) is 5.16 Å². The van der Waals surface area contributed by atoms with Crippen LogP contribution in [0.25, 0.3) is 28.2 Å². The van der Waals surface area contributed by atoms with E-state index >= 15 is 0 Å². The van der Waals surface area contributed by atoms with E-state index in [2.05, 4.69) is 42.7 Å². The molecule has 0 saturated heterocycles. The van der Waals surface area contributed by atoms with Gasteiger partial charge in [0.15, 0.2) is 5.16 Å². The number of carbonyl (C=O) groups is 1. The Morgan fingerprint density at radius 3 is 2.17 bits per heavy atom. The van der Waals surface area contributed by atoms with Crippen molar-refractivity contribution in [3.8, 4) is 28.2 Å². The molecule has 4 rings (SSSR count). The van der Waals surface area contributed by atoms with Gasteiger partial charge < -0.3 is 5.11 Å². The Hall–Kier alpha value is -3.31. The second-order valence-electron chi connectivity index (χ2n) is 7.06. The molecular weight excluding hydrogens is 392 g/mol. The number of thioether (sulfide) groups is 1. The predicted octanol–water partition coefficient (Wildman–Crippen LogP) is 6.00. The van der Waals surface area contributed by atoms with Crippen LogP contribution in [0.15, 0.2) is 84.0 Å². The van der Waals surface area contributed by atoms with Crippen LogP contribution in [0.4, 0.5) is 0 Å². The topological polar surface area (TPSA) is 55.1 Å². The minimum Gasteiger partial charge on any atom is -0.481 e. The first kappa shape index (κ1) is 20.0. The van der Waals surface area contributed by atoms with Crippen LogP contribution in [0.2, 0.25) is 0 Å². The summed E-state index contributed by atoms with van der Waals surface area (Å²) < 4.78 is 2.10. The average Bonchev–Trinajstić information content (AvgIpc) is 3.15. The number of rotatable bonds is 6. The van der Waals surface area contributed by atoms with E-state index in [0.717, 1.165) is 33.8 Å². The molecule has 3 aromatic carbocycles. The molecule has 0 bridgehead atoms. The lowest BCUT2D eigenvalue weighted by Gasteiger charge is -2.16. The smallest absolute Gasteiger partial charge is 0.313 e. The van der Waals surface area contributed by atoms with Crippen molar-refractivity contribution in [2.45, 2.75) is 19.0 Å². The first-order chi connectivity index (χ1) is 14.6. The lowest BCUT2D eigenvalue weighted by Crippen LogP contribution is -2.05. The Balaban J connectivity index is 2.05. The van der Waals surface area contributed by atoms with Crippen LogP contribution in [0.5, 0.6) is 0 Å². The van der Waals surface area contributed by atoms with Gasteiger partial charge >= 0.3 is 5.97 Å². The molecule has 0 amide bonds. The standard InChI is InChI=1S/C25H22N2O2S/c1-17-10-9-15-21(18(17)2)27-24(20-13-7-4-8-14-20)23(19-11-5-3-6-12-19)26-25(27)30-16-22(28)29/h3-15H,16H2,1-2H3,(H,28,29). The Morgan fingerprint density at radius 1 is 0.900 bits per heavy atom. The molecular formula is C25H22N2O2S. The van der Waals surface area contributed by atoms with Crippen LogP contribution in [-0.2, 0) is 4.79 Å². The van der Waals surface area contributed by atoms with Gasteiger partial charge in [-0.25, -0.2) is 4.98 Å². The molecule has 0 aliphatic heterocycles. The third kappa shape index (κ3) is 3.89. The van der Waals surface area contributed by atoms with E-state index in [-0.39, 0.29) is 5.75 Å². The Morgan fingerprint density at radius 2 is 1.53 bits per heavy atom. The van der Waals surface area contributed by atoms with E-state index in [1.807, 2.05) is 54.6 Å². The van der Waals surface area contributed by atoms with Crippen molar-refractivity contribution >= 4 is 17.7 Å². The third-order valence-corrected chi connectivity index (χ3v) is 6.01. The van der Waals surface area contributed by atoms with Gasteiger partial charge in [0.05, 0.1) is 22.8 Å². The van der Waals surface area contributed by atoms with Crippen molar-refractivity contribution in [1.29, 1.82) is 0 Å². The molecule has 0 spiro atoms. The zero-order valence-electron chi connectivity index (χ0n) is 16.9. The Kier molecular flexibility index (Phi) is 5.72. The first-order valence-electron chi connectivity index (χ1n) is 9.71. The van der Waals surface area contributed by atoms with E-state index in [1.54, 1.807) is 0 Å². The zero-order valence-corrected chi connectivity index (χ0v) is 17.7. The summed E-state index contributed by atoms with van der Waals surface area (Å²) in [7, 11) is 0. The molecule has 0 aliphatic rings. The number of aliphatic carboxylic acids is 1. The van der Waals surface area contributed by atoms with Gasteiger partial charge in [0, 0.05) is 11.1 Å². The van der Waals surface area contributed by atoms with Crippen LogP contribution in [0.3, 0.4) is 0 Å². The highest BCUT2D eigenvalue weighted by atomic mass is 32.2. The molecule has 1 heterocycles. The highest BCUT2D eigenvalue weighted by Gasteiger charge is 2.23. The highest BCUT2D eigenvalue weighted by molar-refractivity contribution is 7.99. The number of carboxylic acids is 1. The first-order valence-corrected chi connectivity index (χ1v) is 10.7. The number of hydrogen-bond acceptors (Lipinski definition) is 3. The summed E-state index contributed by atoms with van der Waals surface area (Å²) in [6.45, 7) is 4.17. The van der Waals surface area contributed by atoms with Crippen molar-refractivity contribution in [2.24, 2.45) is 0 Å². The normalized spacial score (nSPS) is 10.9. The number of benzene rings is 3. The van der Waals surface area contributed by atoms with Gasteiger partial charge in [-0.2, -0.15) is 0 Å². The number of imidazole rings is 1. The van der Waals surface area contributed by atoms with Gasteiger partial charge in [-0.15, -0.1) is 0 Å². The molecule has 5 heteroatoms. The predicted molar refractivity (Wildman–Crippen MR) is 122 cm³/mol. The second kappa shape index (κ2) is 8.59. The van der Waals surface area contributed by atoms with E-state index in [1.165, 1.54) is 17.3 Å². The van der Waals surface area contributed by atoms with Gasteiger partial charge in [0.2, 0.25) is 0 Å². The summed E-state index contributed by atoms with van der Waals surface area (Å²) in [6.07, 6.45) is 0. The molecule has 0 saturated carbocycles. The van der Waals surface area contributed by atoms with Gasteiger partial charge in [0.25, 0.3) is 0 Å². The van der Waals surface area contributed by atoms with Crippen LogP contribution in [-0.4, -0.2) is 26.4 Å². The molecule has 0 atom stereocenters. The monoisotopic (exact) mass is 414 g/mol. The maximum atomic E-state index is 11.3. The fourth-order valence-electron chi connectivity index (χ4n) is 3.48. The van der Waals surface area contributed by atoms with E-state index in [9.17, 15) is 9.90 Å². The summed E-state index contributed by atoms with van der Waals surface area (Å²) in [4.78, 5) is 16.3. The van der Waals surface area contributed by atoms with Crippen molar-refractivity contribution in [3.63, 3.8) is 0 Å². The van der Waals surface area contributed by atoms with Crippen LogP contribution < -0.4 is 0 Å². The molecule has 30 heavy (non-hydrogen) atoms. The number of carboxylic acid groups (broad SMARTS) is 1. The molecule has 1 N–H and O–H groups in total. The zero-order chi connectivity index (χ0) is 21.1. The fourth-order valence-corrected chi connectivity index (χ4v) is 4.21. The average molecular weight is 415 g/mol. The highest BCUT2D eigenvalue weighted by Crippen LogP contribution is 2.39. The second-order valence-corrected chi connectivity index (χ2v) is 8.00. The van der Waals surface area contributed by atoms with Crippen LogP contribution in [0, 0.1) is 13.8 Å². The van der Waals surface area contributed by atoms with Crippen LogP contribution in [0.1, 0.15) is 11.1 Å². The van der Waals surface area contributed by atoms with E-state index in [4.69, 9.17) is 4.98 Å². The van der Waals surface area contributed by atoms with Crippen molar-refractivity contribution < 1.29 is 9.90 Å². The SMILES string of the molecule is Cc1cccc(-n2c(SCC(=O)O)nc(-c3ccccc3)c2-c2ccccc2)c1C. The quantitative estimate of drug-likeness (QED) is 0.393. The minimum absolute atomic E-state index is 0.0513. The molecule has 4 aromatic rings. The van der Waals surface area contributed by atoms with Gasteiger partial charge in [-0.05, 0) is 31.0 Å². The van der Waals surface area contributed by atoms with Crippen LogP contribution >= 0.6 is 11.8 Å². The number of nitrogens with zero attached hydrogens (tertiary/aromatic N) is 2. The third-order valence-electron chi connectivity index (χ3n) is 5.08. The minimum atomic E-state index is -0.863. The maximum Gasteiger partial charge on any atom is 0.313 e. The lowest BCUT2D eigenvalue weighted by molar-refractivity contribution is -0.133.